The van der Waals surface area contributed by atoms with E-state index < -0.39 is 5.60 Å². The first kappa shape index (κ1) is 16.7. The molecule has 0 radical (unpaired) electrons. The zero-order valence-electron chi connectivity index (χ0n) is 12.8. The van der Waals surface area contributed by atoms with Crippen LogP contribution in [0, 0.1) is 5.92 Å². The molecule has 112 valence electrons. The molecule has 0 fully saturated rings. The molecule has 4 nitrogen and oxygen atoms in total. The first-order valence-electron chi connectivity index (χ1n) is 6.85. The fourth-order valence-corrected chi connectivity index (χ4v) is 1.87. The third-order valence-corrected chi connectivity index (χ3v) is 2.84. The minimum Gasteiger partial charge on any atom is -0.460 e. The van der Waals surface area contributed by atoms with Crippen LogP contribution in [0.5, 0.6) is 0 Å². The molecule has 1 aromatic rings. The first-order valence-corrected chi connectivity index (χ1v) is 6.85. The summed E-state index contributed by atoms with van der Waals surface area (Å²) in [5.74, 6) is -0.538. The summed E-state index contributed by atoms with van der Waals surface area (Å²) in [6, 6.07) is 8.01. The summed E-state index contributed by atoms with van der Waals surface area (Å²) in [6.07, 6.45) is 0.596. The van der Waals surface area contributed by atoms with E-state index in [1.54, 1.807) is 7.11 Å². The molecule has 4 heteroatoms. The van der Waals surface area contributed by atoms with E-state index in [0.717, 1.165) is 11.1 Å². The van der Waals surface area contributed by atoms with Crippen molar-refractivity contribution in [3.05, 3.63) is 35.4 Å². The fourth-order valence-electron chi connectivity index (χ4n) is 1.87. The minimum atomic E-state index is -0.479. The van der Waals surface area contributed by atoms with E-state index in [9.17, 15) is 4.79 Å². The third kappa shape index (κ3) is 5.72. The second kappa shape index (κ2) is 7.41. The molecule has 0 aromatic heterocycles. The number of rotatable bonds is 6. The van der Waals surface area contributed by atoms with Gasteiger partial charge in [-0.1, -0.05) is 24.3 Å². The SMILES string of the molecule is COCc1ccc(CC(CN)C(=O)OC(C)(C)C)cc1. The Balaban J connectivity index is 2.66. The van der Waals surface area contributed by atoms with Gasteiger partial charge in [0, 0.05) is 13.7 Å². The van der Waals surface area contributed by atoms with Crippen molar-refractivity contribution in [2.45, 2.75) is 39.4 Å². The lowest BCUT2D eigenvalue weighted by Crippen LogP contribution is -2.33. The molecule has 20 heavy (non-hydrogen) atoms. The molecule has 0 heterocycles. The van der Waals surface area contributed by atoms with Crippen LogP contribution in [0.4, 0.5) is 0 Å². The molecule has 0 spiro atoms. The Bertz CT molecular complexity index is 420. The Kier molecular flexibility index (Phi) is 6.17. The van der Waals surface area contributed by atoms with Crippen LogP contribution in [0.3, 0.4) is 0 Å². The Labute approximate surface area is 121 Å². The van der Waals surface area contributed by atoms with Crippen molar-refractivity contribution in [3.8, 4) is 0 Å². The Morgan fingerprint density at radius 1 is 1.20 bits per heavy atom. The van der Waals surface area contributed by atoms with Crippen molar-refractivity contribution in [2.75, 3.05) is 13.7 Å². The molecule has 1 atom stereocenters. The summed E-state index contributed by atoms with van der Waals surface area (Å²) in [5.41, 5.74) is 7.40. The van der Waals surface area contributed by atoms with Gasteiger partial charge in [0.2, 0.25) is 0 Å². The molecular weight excluding hydrogens is 254 g/mol. The maximum atomic E-state index is 12.0. The van der Waals surface area contributed by atoms with E-state index in [4.69, 9.17) is 15.2 Å². The monoisotopic (exact) mass is 279 g/mol. The van der Waals surface area contributed by atoms with Crippen LogP contribution in [0.1, 0.15) is 31.9 Å². The van der Waals surface area contributed by atoms with Crippen molar-refractivity contribution in [2.24, 2.45) is 11.7 Å². The predicted octanol–water partition coefficient (Wildman–Crippen LogP) is 2.29. The molecule has 1 aromatic carbocycles. The second-order valence-electron chi connectivity index (χ2n) is 5.92. The molecule has 0 amide bonds. The van der Waals surface area contributed by atoms with Crippen LogP contribution < -0.4 is 5.73 Å². The number of hydrogen-bond donors (Lipinski definition) is 1. The molecule has 0 bridgehead atoms. The van der Waals surface area contributed by atoms with Gasteiger partial charge in [-0.25, -0.2) is 0 Å². The molecule has 0 aliphatic heterocycles. The standard InChI is InChI=1S/C16H25NO3/c1-16(2,3)20-15(18)14(10-17)9-12-5-7-13(8-6-12)11-19-4/h5-8,14H,9-11,17H2,1-4H3. The highest BCUT2D eigenvalue weighted by atomic mass is 16.6. The van der Waals surface area contributed by atoms with Gasteiger partial charge in [0.25, 0.3) is 0 Å². The summed E-state index contributed by atoms with van der Waals surface area (Å²) in [6.45, 7) is 6.45. The molecule has 1 unspecified atom stereocenters. The highest BCUT2D eigenvalue weighted by Gasteiger charge is 2.24. The highest BCUT2D eigenvalue weighted by molar-refractivity contribution is 5.73. The zero-order chi connectivity index (χ0) is 15.2. The van der Waals surface area contributed by atoms with Gasteiger partial charge in [0.1, 0.15) is 5.60 Å². The third-order valence-electron chi connectivity index (χ3n) is 2.84. The minimum absolute atomic E-state index is 0.235. The van der Waals surface area contributed by atoms with Gasteiger partial charge < -0.3 is 15.2 Å². The van der Waals surface area contributed by atoms with Crippen LogP contribution in [0.25, 0.3) is 0 Å². The fraction of sp³-hybridized carbons (Fsp3) is 0.562. The average molecular weight is 279 g/mol. The highest BCUT2D eigenvalue weighted by Crippen LogP contribution is 2.15. The van der Waals surface area contributed by atoms with E-state index in [1.807, 2.05) is 45.0 Å². The number of methoxy groups -OCH3 is 1. The van der Waals surface area contributed by atoms with Crippen LogP contribution in [-0.2, 0) is 27.3 Å². The van der Waals surface area contributed by atoms with Crippen LogP contribution >= 0.6 is 0 Å². The van der Waals surface area contributed by atoms with E-state index in [0.29, 0.717) is 13.0 Å². The summed E-state index contributed by atoms with van der Waals surface area (Å²) < 4.78 is 10.5. The van der Waals surface area contributed by atoms with Crippen molar-refractivity contribution in [1.82, 2.24) is 0 Å². The van der Waals surface area contributed by atoms with Crippen molar-refractivity contribution < 1.29 is 14.3 Å². The van der Waals surface area contributed by atoms with Gasteiger partial charge in [0.15, 0.2) is 0 Å². The zero-order valence-corrected chi connectivity index (χ0v) is 12.8. The topological polar surface area (TPSA) is 61.5 Å². The largest absolute Gasteiger partial charge is 0.460 e. The first-order chi connectivity index (χ1) is 9.35. The number of ether oxygens (including phenoxy) is 2. The second-order valence-corrected chi connectivity index (χ2v) is 5.92. The summed E-state index contributed by atoms with van der Waals surface area (Å²) >= 11 is 0. The van der Waals surface area contributed by atoms with E-state index >= 15 is 0 Å². The number of carbonyl (C=O) groups is 1. The van der Waals surface area contributed by atoms with Crippen molar-refractivity contribution in [3.63, 3.8) is 0 Å². The van der Waals surface area contributed by atoms with Crippen molar-refractivity contribution in [1.29, 1.82) is 0 Å². The quantitative estimate of drug-likeness (QED) is 0.812. The molecule has 0 aliphatic carbocycles. The number of esters is 1. The maximum absolute atomic E-state index is 12.0. The summed E-state index contributed by atoms with van der Waals surface area (Å²) in [7, 11) is 1.67. The molecule has 0 saturated heterocycles. The van der Waals surface area contributed by atoms with Gasteiger partial charge in [-0.05, 0) is 38.3 Å². The number of benzene rings is 1. The summed E-state index contributed by atoms with van der Waals surface area (Å²) in [5, 5.41) is 0. The predicted molar refractivity (Wildman–Crippen MR) is 79.2 cm³/mol. The normalized spacial score (nSPS) is 13.1. The van der Waals surface area contributed by atoms with E-state index in [2.05, 4.69) is 0 Å². The molecule has 1 rings (SSSR count). The maximum Gasteiger partial charge on any atom is 0.311 e. The number of nitrogens with two attached hydrogens (primary N) is 1. The van der Waals surface area contributed by atoms with Gasteiger partial charge in [0.05, 0.1) is 12.5 Å². The molecule has 0 saturated carbocycles. The van der Waals surface area contributed by atoms with Gasteiger partial charge in [-0.3, -0.25) is 4.79 Å². The smallest absolute Gasteiger partial charge is 0.311 e. The number of carbonyl (C=O) groups excluding carboxylic acids is 1. The molecule has 0 aliphatic rings. The average Bonchev–Trinajstić information content (AvgIpc) is 2.36. The van der Waals surface area contributed by atoms with E-state index in [1.165, 1.54) is 0 Å². The lowest BCUT2D eigenvalue weighted by molar-refractivity contribution is -0.159. The van der Waals surface area contributed by atoms with Crippen LogP contribution in [0.15, 0.2) is 24.3 Å². The van der Waals surface area contributed by atoms with Gasteiger partial charge in [-0.15, -0.1) is 0 Å². The Morgan fingerprint density at radius 2 is 1.75 bits per heavy atom. The van der Waals surface area contributed by atoms with Crippen LogP contribution in [-0.4, -0.2) is 25.2 Å². The Hall–Kier alpha value is -1.39. The molecular formula is C16H25NO3. The lowest BCUT2D eigenvalue weighted by Gasteiger charge is -2.23. The molecule has 2 N–H and O–H groups in total. The lowest BCUT2D eigenvalue weighted by atomic mass is 9.98. The van der Waals surface area contributed by atoms with Crippen molar-refractivity contribution >= 4 is 5.97 Å². The van der Waals surface area contributed by atoms with E-state index in [-0.39, 0.29) is 18.4 Å². The van der Waals surface area contributed by atoms with Crippen LogP contribution in [0.2, 0.25) is 0 Å². The summed E-state index contributed by atoms with van der Waals surface area (Å²) in [4.78, 5) is 12.0. The Morgan fingerprint density at radius 3 is 2.20 bits per heavy atom. The van der Waals surface area contributed by atoms with Gasteiger partial charge in [-0.2, -0.15) is 0 Å². The number of hydrogen-bond acceptors (Lipinski definition) is 4. The van der Waals surface area contributed by atoms with Gasteiger partial charge >= 0.3 is 5.97 Å².